The van der Waals surface area contributed by atoms with Crippen LogP contribution in [0.5, 0.6) is 11.5 Å². The molecule has 1 heterocycles. The maximum atomic E-state index is 11.9. The Labute approximate surface area is 147 Å². The van der Waals surface area contributed by atoms with Gasteiger partial charge in [-0.15, -0.1) is 0 Å². The van der Waals surface area contributed by atoms with Crippen LogP contribution in [0, 0.1) is 0 Å². The van der Waals surface area contributed by atoms with E-state index in [1.165, 1.54) is 0 Å². The lowest BCUT2D eigenvalue weighted by Crippen LogP contribution is -2.17. The summed E-state index contributed by atoms with van der Waals surface area (Å²) in [5, 5.41) is 3.98. The molecule has 0 saturated heterocycles. The van der Waals surface area contributed by atoms with Crippen LogP contribution in [0.2, 0.25) is 0 Å². The zero-order valence-corrected chi connectivity index (χ0v) is 14.6. The third-order valence-electron chi connectivity index (χ3n) is 3.35. The first-order valence-electron chi connectivity index (χ1n) is 8.37. The van der Waals surface area contributed by atoms with E-state index in [-0.39, 0.29) is 5.91 Å². The first kappa shape index (κ1) is 18.4. The van der Waals surface area contributed by atoms with Crippen molar-refractivity contribution in [3.8, 4) is 11.5 Å². The largest absolute Gasteiger partial charge is 0.490 e. The van der Waals surface area contributed by atoms with Crippen LogP contribution >= 0.6 is 0 Å². The Hall–Kier alpha value is -2.89. The molecule has 6 nitrogen and oxygen atoms in total. The quantitative estimate of drug-likeness (QED) is 0.431. The monoisotopic (exact) mass is 341 g/mol. The summed E-state index contributed by atoms with van der Waals surface area (Å²) < 4.78 is 11.4. The summed E-state index contributed by atoms with van der Waals surface area (Å²) >= 11 is 0. The number of unbranched alkanes of at least 4 members (excludes halogenated alkanes) is 1. The number of benzene rings is 1. The molecule has 1 amide bonds. The van der Waals surface area contributed by atoms with Gasteiger partial charge in [-0.25, -0.2) is 5.43 Å². The summed E-state index contributed by atoms with van der Waals surface area (Å²) in [4.78, 5) is 15.8. The molecule has 1 aromatic heterocycles. The molecule has 0 fully saturated rings. The number of aromatic nitrogens is 1. The Morgan fingerprint density at radius 2 is 1.96 bits per heavy atom. The van der Waals surface area contributed by atoms with E-state index in [1.807, 2.05) is 25.1 Å². The average Bonchev–Trinajstić information content (AvgIpc) is 2.64. The van der Waals surface area contributed by atoms with Gasteiger partial charge in [0.2, 0.25) is 0 Å². The second-order valence-corrected chi connectivity index (χ2v) is 5.28. The fourth-order valence-electron chi connectivity index (χ4n) is 2.05. The predicted octanol–water partition coefficient (Wildman–Crippen LogP) is 3.42. The maximum Gasteiger partial charge on any atom is 0.271 e. The van der Waals surface area contributed by atoms with E-state index < -0.39 is 0 Å². The smallest absolute Gasteiger partial charge is 0.271 e. The van der Waals surface area contributed by atoms with Crippen molar-refractivity contribution in [2.45, 2.75) is 26.7 Å². The molecule has 0 saturated carbocycles. The molecule has 2 rings (SSSR count). The topological polar surface area (TPSA) is 72.8 Å². The molecule has 0 radical (unpaired) electrons. The van der Waals surface area contributed by atoms with Crippen LogP contribution in [0.25, 0.3) is 0 Å². The summed E-state index contributed by atoms with van der Waals surface area (Å²) in [6.07, 6.45) is 6.76. The number of hydrogen-bond acceptors (Lipinski definition) is 5. The minimum absolute atomic E-state index is 0.289. The van der Waals surface area contributed by atoms with Crippen molar-refractivity contribution >= 4 is 12.1 Å². The van der Waals surface area contributed by atoms with Gasteiger partial charge in [-0.2, -0.15) is 5.10 Å². The van der Waals surface area contributed by atoms with Gasteiger partial charge >= 0.3 is 0 Å². The van der Waals surface area contributed by atoms with Gasteiger partial charge in [0.1, 0.15) is 0 Å². The van der Waals surface area contributed by atoms with Gasteiger partial charge in [-0.1, -0.05) is 13.3 Å². The molecule has 2 aromatic rings. The average molecular weight is 341 g/mol. The van der Waals surface area contributed by atoms with Crippen molar-refractivity contribution < 1.29 is 14.3 Å². The van der Waals surface area contributed by atoms with Gasteiger partial charge in [0, 0.05) is 18.0 Å². The standard InChI is InChI=1S/C19H23N3O3/c1-3-5-12-25-17-7-6-15(13-18(17)24-4-2)14-21-22-19(23)16-8-10-20-11-9-16/h6-11,13-14H,3-5,12H2,1-2H3,(H,22,23)/b21-14+. The lowest BCUT2D eigenvalue weighted by molar-refractivity contribution is 0.0955. The number of pyridine rings is 1. The molecule has 0 unspecified atom stereocenters. The van der Waals surface area contributed by atoms with Crippen molar-refractivity contribution in [3.63, 3.8) is 0 Å². The molecule has 6 heteroatoms. The molecule has 0 bridgehead atoms. The number of ether oxygens (including phenoxy) is 2. The number of hydrazone groups is 1. The number of amides is 1. The minimum atomic E-state index is -0.289. The van der Waals surface area contributed by atoms with E-state index >= 15 is 0 Å². The van der Waals surface area contributed by atoms with Gasteiger partial charge < -0.3 is 9.47 Å². The lowest BCUT2D eigenvalue weighted by Gasteiger charge is -2.12. The molecule has 25 heavy (non-hydrogen) atoms. The molecule has 0 aliphatic carbocycles. The van der Waals surface area contributed by atoms with E-state index in [2.05, 4.69) is 22.4 Å². The second kappa shape index (κ2) is 10.1. The fraction of sp³-hybridized carbons (Fsp3) is 0.316. The van der Waals surface area contributed by atoms with Crippen molar-refractivity contribution in [1.29, 1.82) is 0 Å². The van der Waals surface area contributed by atoms with Crippen molar-refractivity contribution in [2.75, 3.05) is 13.2 Å². The SMILES string of the molecule is CCCCOc1ccc(/C=N/NC(=O)c2ccncc2)cc1OCC. The predicted molar refractivity (Wildman–Crippen MR) is 97.3 cm³/mol. The zero-order chi connectivity index (χ0) is 17.9. The number of rotatable bonds is 9. The van der Waals surface area contributed by atoms with Gasteiger partial charge in [0.25, 0.3) is 5.91 Å². The lowest BCUT2D eigenvalue weighted by atomic mass is 10.2. The highest BCUT2D eigenvalue weighted by molar-refractivity contribution is 5.94. The first-order valence-corrected chi connectivity index (χ1v) is 8.37. The molecular formula is C19H23N3O3. The molecule has 0 aliphatic heterocycles. The third-order valence-corrected chi connectivity index (χ3v) is 3.35. The van der Waals surface area contributed by atoms with Crippen molar-refractivity contribution in [1.82, 2.24) is 10.4 Å². The molecule has 0 spiro atoms. The molecule has 132 valence electrons. The first-order chi connectivity index (χ1) is 12.2. The Balaban J connectivity index is 2.01. The Morgan fingerprint density at radius 3 is 2.68 bits per heavy atom. The van der Waals surface area contributed by atoms with Crippen molar-refractivity contribution in [3.05, 3.63) is 53.9 Å². The van der Waals surface area contributed by atoms with Crippen LogP contribution in [-0.2, 0) is 0 Å². The van der Waals surface area contributed by atoms with Crippen LogP contribution in [0.15, 0.2) is 47.8 Å². The summed E-state index contributed by atoms with van der Waals surface area (Å²) in [7, 11) is 0. The maximum absolute atomic E-state index is 11.9. The summed E-state index contributed by atoms with van der Waals surface area (Å²) in [5.41, 5.74) is 3.79. The second-order valence-electron chi connectivity index (χ2n) is 5.28. The van der Waals surface area contributed by atoms with E-state index in [9.17, 15) is 4.79 Å². The van der Waals surface area contributed by atoms with E-state index in [0.717, 1.165) is 18.4 Å². The van der Waals surface area contributed by atoms with E-state index in [4.69, 9.17) is 9.47 Å². The highest BCUT2D eigenvalue weighted by Crippen LogP contribution is 2.28. The van der Waals surface area contributed by atoms with Crippen LogP contribution in [0.1, 0.15) is 42.6 Å². The van der Waals surface area contributed by atoms with Gasteiger partial charge in [-0.05, 0) is 49.2 Å². The van der Waals surface area contributed by atoms with E-state index in [1.54, 1.807) is 30.7 Å². The molecule has 0 aliphatic rings. The number of hydrogen-bond donors (Lipinski definition) is 1. The summed E-state index contributed by atoms with van der Waals surface area (Å²) in [6, 6.07) is 8.81. The Bertz CT molecular complexity index is 702. The van der Waals surface area contributed by atoms with Crippen LogP contribution < -0.4 is 14.9 Å². The van der Waals surface area contributed by atoms with Gasteiger partial charge in [0.05, 0.1) is 19.4 Å². The normalized spacial score (nSPS) is 10.6. The Kier molecular flexibility index (Phi) is 7.43. The number of nitrogens with one attached hydrogen (secondary N) is 1. The number of nitrogens with zero attached hydrogens (tertiary/aromatic N) is 2. The Morgan fingerprint density at radius 1 is 1.16 bits per heavy atom. The minimum Gasteiger partial charge on any atom is -0.490 e. The van der Waals surface area contributed by atoms with Crippen LogP contribution in [0.4, 0.5) is 0 Å². The molecule has 1 N–H and O–H groups in total. The highest BCUT2D eigenvalue weighted by Gasteiger charge is 2.06. The highest BCUT2D eigenvalue weighted by atomic mass is 16.5. The molecule has 0 atom stereocenters. The number of carbonyl (C=O) groups is 1. The van der Waals surface area contributed by atoms with Gasteiger partial charge in [-0.3, -0.25) is 9.78 Å². The number of carbonyl (C=O) groups excluding carboxylic acids is 1. The zero-order valence-electron chi connectivity index (χ0n) is 14.6. The fourth-order valence-corrected chi connectivity index (χ4v) is 2.05. The molecule has 1 aromatic carbocycles. The van der Waals surface area contributed by atoms with Crippen LogP contribution in [-0.4, -0.2) is 30.3 Å². The third kappa shape index (κ3) is 5.91. The summed E-state index contributed by atoms with van der Waals surface area (Å²) in [5.74, 6) is 1.10. The van der Waals surface area contributed by atoms with E-state index in [0.29, 0.717) is 30.3 Å². The van der Waals surface area contributed by atoms with Crippen molar-refractivity contribution in [2.24, 2.45) is 5.10 Å². The summed E-state index contributed by atoms with van der Waals surface area (Å²) in [6.45, 7) is 5.24. The van der Waals surface area contributed by atoms with Gasteiger partial charge in [0.15, 0.2) is 11.5 Å². The van der Waals surface area contributed by atoms with Crippen LogP contribution in [0.3, 0.4) is 0 Å². The molecular weight excluding hydrogens is 318 g/mol.